The largest absolute Gasteiger partial charge is 0.416 e. The van der Waals surface area contributed by atoms with Gasteiger partial charge in [-0.05, 0) is 24.5 Å². The van der Waals surface area contributed by atoms with Gasteiger partial charge in [-0.25, -0.2) is 9.98 Å². The van der Waals surface area contributed by atoms with Crippen LogP contribution in [0.15, 0.2) is 41.9 Å². The number of rotatable bonds is 2. The van der Waals surface area contributed by atoms with Crippen molar-refractivity contribution in [1.82, 2.24) is 14.9 Å². The zero-order valence-corrected chi connectivity index (χ0v) is 12.1. The standard InChI is InChI=1S/C13H10F3N5S/c1-22-12(19-7-17)20-10-6-9(13(14,15)16)2-3-11(10)21-5-4-18-8-21/h2-6,8H,1H3,(H,19,20). The highest BCUT2D eigenvalue weighted by Crippen LogP contribution is 2.34. The number of nitrogens with one attached hydrogen (secondary N) is 1. The van der Waals surface area contributed by atoms with Crippen LogP contribution in [0.2, 0.25) is 0 Å². The van der Waals surface area contributed by atoms with Crippen molar-refractivity contribution >= 4 is 22.6 Å². The molecule has 1 aromatic heterocycles. The molecule has 1 aromatic carbocycles. The summed E-state index contributed by atoms with van der Waals surface area (Å²) in [4.78, 5) is 7.96. The fourth-order valence-corrected chi connectivity index (χ4v) is 2.03. The van der Waals surface area contributed by atoms with Crippen LogP contribution in [-0.2, 0) is 6.18 Å². The Balaban J connectivity index is 2.58. The molecule has 5 nitrogen and oxygen atoms in total. The van der Waals surface area contributed by atoms with Gasteiger partial charge in [0.05, 0.1) is 23.3 Å². The van der Waals surface area contributed by atoms with Gasteiger partial charge < -0.3 is 4.57 Å². The third-order valence-corrected chi connectivity index (χ3v) is 3.24. The van der Waals surface area contributed by atoms with Crippen molar-refractivity contribution in [2.24, 2.45) is 4.99 Å². The van der Waals surface area contributed by atoms with Crippen LogP contribution in [0.25, 0.3) is 5.69 Å². The van der Waals surface area contributed by atoms with Crippen molar-refractivity contribution in [3.8, 4) is 11.9 Å². The van der Waals surface area contributed by atoms with Crippen molar-refractivity contribution in [2.45, 2.75) is 6.18 Å². The Morgan fingerprint density at radius 1 is 1.45 bits per heavy atom. The Bertz CT molecular complexity index is 716. The van der Waals surface area contributed by atoms with Crippen molar-refractivity contribution < 1.29 is 13.2 Å². The Labute approximate surface area is 128 Å². The molecule has 0 unspecified atom stereocenters. The molecular weight excluding hydrogens is 315 g/mol. The molecule has 0 spiro atoms. The molecule has 0 amide bonds. The third-order valence-electron chi connectivity index (χ3n) is 2.66. The van der Waals surface area contributed by atoms with Crippen molar-refractivity contribution in [1.29, 1.82) is 5.26 Å². The number of halogens is 3. The molecule has 0 aliphatic rings. The molecule has 0 atom stereocenters. The lowest BCUT2D eigenvalue weighted by Gasteiger charge is -2.12. The first-order valence-corrected chi connectivity index (χ1v) is 7.15. The van der Waals surface area contributed by atoms with Gasteiger partial charge in [0.15, 0.2) is 11.4 Å². The predicted molar refractivity (Wildman–Crippen MR) is 77.9 cm³/mol. The van der Waals surface area contributed by atoms with Crippen molar-refractivity contribution in [3.05, 3.63) is 42.5 Å². The van der Waals surface area contributed by atoms with Gasteiger partial charge in [-0.2, -0.15) is 18.4 Å². The maximum Gasteiger partial charge on any atom is 0.416 e. The molecule has 22 heavy (non-hydrogen) atoms. The molecule has 9 heteroatoms. The van der Waals surface area contributed by atoms with Gasteiger partial charge in [-0.3, -0.25) is 5.32 Å². The molecular formula is C13H10F3N5S. The number of benzene rings is 1. The maximum atomic E-state index is 12.9. The highest BCUT2D eigenvalue weighted by molar-refractivity contribution is 8.13. The Morgan fingerprint density at radius 2 is 2.23 bits per heavy atom. The summed E-state index contributed by atoms with van der Waals surface area (Å²) in [5, 5.41) is 11.2. The number of amidine groups is 1. The average molecular weight is 325 g/mol. The molecule has 1 heterocycles. The van der Waals surface area contributed by atoms with E-state index in [1.807, 2.05) is 0 Å². The highest BCUT2D eigenvalue weighted by atomic mass is 32.2. The van der Waals surface area contributed by atoms with Crippen molar-refractivity contribution in [3.63, 3.8) is 0 Å². The van der Waals surface area contributed by atoms with Crippen LogP contribution in [0.5, 0.6) is 0 Å². The van der Waals surface area contributed by atoms with E-state index in [0.29, 0.717) is 5.69 Å². The van der Waals surface area contributed by atoms with Gasteiger partial charge in [0.25, 0.3) is 0 Å². The summed E-state index contributed by atoms with van der Waals surface area (Å²) in [6, 6.07) is 3.23. The lowest BCUT2D eigenvalue weighted by Crippen LogP contribution is -2.13. The number of imidazole rings is 1. The highest BCUT2D eigenvalue weighted by Gasteiger charge is 2.31. The topological polar surface area (TPSA) is 66.0 Å². The van der Waals surface area contributed by atoms with Gasteiger partial charge in [0, 0.05) is 12.4 Å². The lowest BCUT2D eigenvalue weighted by molar-refractivity contribution is -0.137. The van der Waals surface area contributed by atoms with E-state index in [-0.39, 0.29) is 10.9 Å². The van der Waals surface area contributed by atoms with Crippen LogP contribution < -0.4 is 5.32 Å². The third kappa shape index (κ3) is 3.59. The minimum atomic E-state index is -4.47. The second-order valence-corrected chi connectivity index (χ2v) is 4.82. The summed E-state index contributed by atoms with van der Waals surface area (Å²) in [5.41, 5.74) is -0.302. The summed E-state index contributed by atoms with van der Waals surface area (Å²) in [5.74, 6) is 0. The first-order chi connectivity index (χ1) is 10.5. The summed E-state index contributed by atoms with van der Waals surface area (Å²) < 4.78 is 40.2. The fraction of sp³-hybridized carbons (Fsp3) is 0.154. The number of aliphatic imine (C=N–C) groups is 1. The summed E-state index contributed by atoms with van der Waals surface area (Å²) >= 11 is 1.12. The second kappa shape index (κ2) is 6.53. The minimum absolute atomic E-state index is 0.0833. The van der Waals surface area contributed by atoms with E-state index in [9.17, 15) is 13.2 Å². The molecule has 0 aliphatic carbocycles. The van der Waals surface area contributed by atoms with E-state index >= 15 is 0 Å². The summed E-state index contributed by atoms with van der Waals surface area (Å²) in [6.45, 7) is 0. The number of hydrogen-bond acceptors (Lipinski definition) is 4. The van der Waals surface area contributed by atoms with E-state index in [0.717, 1.165) is 23.9 Å². The quantitative estimate of drug-likeness (QED) is 0.398. The normalized spacial score (nSPS) is 12.0. The van der Waals surface area contributed by atoms with E-state index in [2.05, 4.69) is 15.3 Å². The van der Waals surface area contributed by atoms with Gasteiger partial charge in [0.2, 0.25) is 0 Å². The van der Waals surface area contributed by atoms with E-state index in [4.69, 9.17) is 5.26 Å². The van der Waals surface area contributed by atoms with Crippen LogP contribution in [0.3, 0.4) is 0 Å². The van der Waals surface area contributed by atoms with Crippen LogP contribution in [-0.4, -0.2) is 21.0 Å². The molecule has 0 saturated carbocycles. The second-order valence-electron chi connectivity index (χ2n) is 4.03. The molecule has 0 fully saturated rings. The van der Waals surface area contributed by atoms with Gasteiger partial charge in [-0.15, -0.1) is 0 Å². The number of hydrogen-bond donors (Lipinski definition) is 1. The SMILES string of the molecule is CSC(=Nc1cc(C(F)(F)F)ccc1-n1ccnc1)NC#N. The van der Waals surface area contributed by atoms with Crippen LogP contribution in [0, 0.1) is 11.5 Å². The first-order valence-electron chi connectivity index (χ1n) is 5.93. The summed E-state index contributed by atoms with van der Waals surface area (Å²) in [6.07, 6.45) is 3.44. The zero-order valence-electron chi connectivity index (χ0n) is 11.3. The Hall–Kier alpha value is -2.47. The Kier molecular flexibility index (Phi) is 4.72. The number of nitrogens with zero attached hydrogens (tertiary/aromatic N) is 4. The lowest BCUT2D eigenvalue weighted by atomic mass is 10.1. The minimum Gasteiger partial charge on any atom is -0.304 e. The smallest absolute Gasteiger partial charge is 0.304 e. The predicted octanol–water partition coefficient (Wildman–Crippen LogP) is 3.31. The monoisotopic (exact) mass is 325 g/mol. The van der Waals surface area contributed by atoms with Crippen molar-refractivity contribution in [2.75, 3.05) is 6.26 Å². The number of nitriles is 1. The first kappa shape index (κ1) is 15.9. The van der Waals surface area contributed by atoms with Crippen LogP contribution in [0.1, 0.15) is 5.56 Å². The van der Waals surface area contributed by atoms with Gasteiger partial charge >= 0.3 is 6.18 Å². The average Bonchev–Trinajstić information content (AvgIpc) is 2.99. The maximum absolute atomic E-state index is 12.9. The van der Waals surface area contributed by atoms with Crippen LogP contribution >= 0.6 is 11.8 Å². The molecule has 0 radical (unpaired) electrons. The fourth-order valence-electron chi connectivity index (χ4n) is 1.69. The number of thioether (sulfide) groups is 1. The molecule has 0 aliphatic heterocycles. The molecule has 0 bridgehead atoms. The molecule has 2 rings (SSSR count). The zero-order chi connectivity index (χ0) is 16.2. The molecule has 1 N–H and O–H groups in total. The number of aromatic nitrogens is 2. The summed E-state index contributed by atoms with van der Waals surface area (Å²) in [7, 11) is 0. The molecule has 2 aromatic rings. The van der Waals surface area contributed by atoms with E-state index < -0.39 is 11.7 Å². The molecule has 0 saturated heterocycles. The number of alkyl halides is 3. The Morgan fingerprint density at radius 3 is 2.77 bits per heavy atom. The van der Waals surface area contributed by atoms with Crippen LogP contribution in [0.4, 0.5) is 18.9 Å². The van der Waals surface area contributed by atoms with E-state index in [1.165, 1.54) is 18.6 Å². The molecule has 114 valence electrons. The van der Waals surface area contributed by atoms with Gasteiger partial charge in [-0.1, -0.05) is 11.8 Å². The van der Waals surface area contributed by atoms with E-state index in [1.54, 1.807) is 23.2 Å². The van der Waals surface area contributed by atoms with Gasteiger partial charge in [0.1, 0.15) is 0 Å².